The van der Waals surface area contributed by atoms with Crippen LogP contribution in [0.5, 0.6) is 0 Å². The number of nitrogens with zero attached hydrogens (tertiary/aromatic N) is 4. The molecule has 152 valence electrons. The molecular formula is C19H28N6O2S. The van der Waals surface area contributed by atoms with E-state index in [1.165, 1.54) is 0 Å². The minimum Gasteiger partial charge on any atom is -0.611 e. The zero-order valence-electron chi connectivity index (χ0n) is 16.4. The maximum absolute atomic E-state index is 12.5. The highest BCUT2D eigenvalue weighted by molar-refractivity contribution is 7.91. The van der Waals surface area contributed by atoms with E-state index in [4.69, 9.17) is 9.97 Å². The first-order chi connectivity index (χ1) is 13.6. The van der Waals surface area contributed by atoms with Gasteiger partial charge < -0.3 is 24.9 Å². The highest BCUT2D eigenvalue weighted by Gasteiger charge is 2.34. The number of anilines is 2. The van der Waals surface area contributed by atoms with E-state index in [-0.39, 0.29) is 18.6 Å². The predicted molar refractivity (Wildman–Crippen MR) is 109 cm³/mol. The van der Waals surface area contributed by atoms with Gasteiger partial charge in [0.05, 0.1) is 24.7 Å². The van der Waals surface area contributed by atoms with Crippen molar-refractivity contribution in [2.24, 2.45) is 5.92 Å². The van der Waals surface area contributed by atoms with E-state index in [9.17, 15) is 9.66 Å². The van der Waals surface area contributed by atoms with Crippen LogP contribution in [0.25, 0.3) is 0 Å². The summed E-state index contributed by atoms with van der Waals surface area (Å²) >= 11 is -1.08. The molecule has 0 amide bonds. The van der Waals surface area contributed by atoms with Crippen LogP contribution in [-0.2, 0) is 17.6 Å². The van der Waals surface area contributed by atoms with Crippen molar-refractivity contribution < 1.29 is 9.66 Å². The highest BCUT2D eigenvalue weighted by Crippen LogP contribution is 2.34. The number of nitrogens with one attached hydrogen (secondary N) is 2. The van der Waals surface area contributed by atoms with Gasteiger partial charge in [0.25, 0.3) is 0 Å². The monoisotopic (exact) mass is 404 g/mol. The summed E-state index contributed by atoms with van der Waals surface area (Å²) in [7, 11) is 0. The Morgan fingerprint density at radius 1 is 1.36 bits per heavy atom. The Bertz CT molecular complexity index is 792. The Labute approximate surface area is 168 Å². The smallest absolute Gasteiger partial charge is 0.227 e. The summed E-state index contributed by atoms with van der Waals surface area (Å²) in [4.78, 5) is 19.9. The number of H-pyrrole nitrogens is 1. The topological polar surface area (TPSA) is 113 Å². The number of rotatable bonds is 6. The van der Waals surface area contributed by atoms with Gasteiger partial charge in [-0.3, -0.25) is 0 Å². The quantitative estimate of drug-likeness (QED) is 0.628. The van der Waals surface area contributed by atoms with Gasteiger partial charge >= 0.3 is 0 Å². The van der Waals surface area contributed by atoms with E-state index < -0.39 is 11.2 Å². The molecule has 2 aromatic rings. The molecule has 0 aromatic carbocycles. The molecule has 9 heteroatoms. The number of aromatic amines is 1. The minimum atomic E-state index is -1.08. The summed E-state index contributed by atoms with van der Waals surface area (Å²) < 4.78 is 12.5. The molecule has 4 heterocycles. The first-order valence-electron chi connectivity index (χ1n) is 9.97. The molecule has 8 nitrogen and oxygen atoms in total. The molecule has 0 spiro atoms. The van der Waals surface area contributed by atoms with Gasteiger partial charge in [-0.1, -0.05) is 13.8 Å². The van der Waals surface area contributed by atoms with Crippen LogP contribution in [0.15, 0.2) is 17.4 Å². The molecule has 28 heavy (non-hydrogen) atoms. The van der Waals surface area contributed by atoms with E-state index in [2.05, 4.69) is 20.2 Å². The van der Waals surface area contributed by atoms with Crippen LogP contribution in [0.4, 0.5) is 11.8 Å². The molecule has 0 saturated carbocycles. The molecule has 1 fully saturated rings. The fourth-order valence-electron chi connectivity index (χ4n) is 3.89. The zero-order chi connectivity index (χ0) is 19.7. The number of aliphatic hydroxyl groups is 1. The predicted octanol–water partition coefficient (Wildman–Crippen LogP) is 1.68. The van der Waals surface area contributed by atoms with Gasteiger partial charge in [-0.15, -0.1) is 0 Å². The lowest BCUT2D eigenvalue weighted by Gasteiger charge is -2.32. The normalized spacial score (nSPS) is 21.2. The number of aromatic nitrogens is 4. The standard InChI is InChI=1S/C19H28N6O2S/c1-12(2)16(10-26)22-18-17-14(5-8-28(17)27)23-19(24-18)25-6-3-13(4-7-25)15-9-20-11-21-15/h9,11-13,16,26H,3-8,10H2,1-2H3,(H,20,21)(H,22,23,24)/t16-,28?/m0/s1. The maximum atomic E-state index is 12.5. The number of aliphatic hydroxyl groups excluding tert-OH is 1. The molecule has 4 rings (SSSR count). The molecule has 2 atom stereocenters. The third-order valence-electron chi connectivity index (χ3n) is 5.71. The van der Waals surface area contributed by atoms with Gasteiger partial charge in [0, 0.05) is 31.6 Å². The van der Waals surface area contributed by atoms with E-state index in [1.807, 2.05) is 20.0 Å². The second kappa shape index (κ2) is 8.26. The summed E-state index contributed by atoms with van der Waals surface area (Å²) in [5.74, 6) is 2.61. The number of hydrogen-bond acceptors (Lipinski definition) is 7. The summed E-state index contributed by atoms with van der Waals surface area (Å²) in [5, 5.41) is 13.0. The van der Waals surface area contributed by atoms with Gasteiger partial charge in [0.15, 0.2) is 5.82 Å². The van der Waals surface area contributed by atoms with Crippen LogP contribution in [-0.4, -0.2) is 61.1 Å². The van der Waals surface area contributed by atoms with Crippen molar-refractivity contribution in [3.05, 3.63) is 23.9 Å². The van der Waals surface area contributed by atoms with E-state index in [1.54, 1.807) is 6.33 Å². The second-order valence-corrected chi connectivity index (χ2v) is 9.39. The third-order valence-corrected chi connectivity index (χ3v) is 7.17. The van der Waals surface area contributed by atoms with E-state index >= 15 is 0 Å². The lowest BCUT2D eigenvalue weighted by molar-refractivity contribution is 0.248. The van der Waals surface area contributed by atoms with Crippen LogP contribution < -0.4 is 10.2 Å². The third kappa shape index (κ3) is 3.83. The maximum Gasteiger partial charge on any atom is 0.227 e. The Balaban J connectivity index is 1.56. The van der Waals surface area contributed by atoms with Crippen LogP contribution >= 0.6 is 0 Å². The van der Waals surface area contributed by atoms with Crippen molar-refractivity contribution in [3.63, 3.8) is 0 Å². The van der Waals surface area contributed by atoms with Crippen molar-refractivity contribution in [2.45, 2.75) is 50.0 Å². The summed E-state index contributed by atoms with van der Waals surface area (Å²) in [5.41, 5.74) is 2.00. The van der Waals surface area contributed by atoms with Gasteiger partial charge in [0.1, 0.15) is 11.4 Å². The van der Waals surface area contributed by atoms with Crippen molar-refractivity contribution in [1.82, 2.24) is 19.9 Å². The summed E-state index contributed by atoms with van der Waals surface area (Å²) in [6, 6.07) is -0.130. The lowest BCUT2D eigenvalue weighted by Crippen LogP contribution is -2.35. The van der Waals surface area contributed by atoms with Crippen LogP contribution in [0.3, 0.4) is 0 Å². The van der Waals surface area contributed by atoms with Crippen molar-refractivity contribution in [2.75, 3.05) is 35.7 Å². The van der Waals surface area contributed by atoms with E-state index in [0.29, 0.717) is 34.8 Å². The average molecular weight is 405 g/mol. The Morgan fingerprint density at radius 2 is 2.14 bits per heavy atom. The number of aryl methyl sites for hydroxylation is 1. The molecule has 1 unspecified atom stereocenters. The average Bonchev–Trinajstić information content (AvgIpc) is 3.36. The molecule has 3 N–H and O–H groups in total. The van der Waals surface area contributed by atoms with Crippen LogP contribution in [0.2, 0.25) is 0 Å². The molecule has 2 aliphatic rings. The van der Waals surface area contributed by atoms with Crippen LogP contribution in [0.1, 0.15) is 44.0 Å². The molecular weight excluding hydrogens is 376 g/mol. The van der Waals surface area contributed by atoms with Crippen molar-refractivity contribution in [3.8, 4) is 0 Å². The molecule has 0 radical (unpaired) electrons. The minimum absolute atomic E-state index is 0.00741. The van der Waals surface area contributed by atoms with Crippen molar-refractivity contribution in [1.29, 1.82) is 0 Å². The summed E-state index contributed by atoms with van der Waals surface area (Å²) in [6.45, 7) is 5.84. The summed E-state index contributed by atoms with van der Waals surface area (Å²) in [6.07, 6.45) is 6.43. The number of imidazole rings is 1. The van der Waals surface area contributed by atoms with Gasteiger partial charge in [-0.2, -0.15) is 4.98 Å². The largest absolute Gasteiger partial charge is 0.611 e. The number of hydrogen-bond donors (Lipinski definition) is 3. The molecule has 1 saturated heterocycles. The van der Waals surface area contributed by atoms with Crippen molar-refractivity contribution >= 4 is 22.9 Å². The van der Waals surface area contributed by atoms with Gasteiger partial charge in [0.2, 0.25) is 10.8 Å². The first-order valence-corrected chi connectivity index (χ1v) is 11.3. The molecule has 0 aliphatic carbocycles. The fourth-order valence-corrected chi connectivity index (χ4v) is 5.21. The lowest BCUT2D eigenvalue weighted by atomic mass is 9.94. The van der Waals surface area contributed by atoms with Crippen LogP contribution in [0, 0.1) is 5.92 Å². The number of fused-ring (bicyclic) bond motifs is 1. The molecule has 2 aliphatic heterocycles. The SMILES string of the molecule is CC(C)[C@H](CO)Nc1nc(N2CCC(c3c[nH]cn3)CC2)nc2c1[S+]([O-])CC2. The Hall–Kier alpha value is -1.84. The second-order valence-electron chi connectivity index (χ2n) is 7.88. The Kier molecular flexibility index (Phi) is 5.75. The molecule has 0 bridgehead atoms. The van der Waals surface area contributed by atoms with E-state index in [0.717, 1.165) is 37.3 Å². The zero-order valence-corrected chi connectivity index (χ0v) is 17.2. The van der Waals surface area contributed by atoms with Gasteiger partial charge in [-0.05, 0) is 29.9 Å². The highest BCUT2D eigenvalue weighted by atomic mass is 32.2. The molecule has 2 aromatic heterocycles. The Morgan fingerprint density at radius 3 is 2.79 bits per heavy atom. The first kappa shape index (κ1) is 19.5. The van der Waals surface area contributed by atoms with Gasteiger partial charge in [-0.25, -0.2) is 9.97 Å². The fraction of sp³-hybridized carbons (Fsp3) is 0.632. The number of piperidine rings is 1.